The number of hydrogen-bond acceptors (Lipinski definition) is 7. The van der Waals surface area contributed by atoms with Gasteiger partial charge in [0.05, 0.1) is 13.2 Å². The highest BCUT2D eigenvalue weighted by molar-refractivity contribution is 7.89. The lowest BCUT2D eigenvalue weighted by molar-refractivity contribution is 0.0830. The van der Waals surface area contributed by atoms with E-state index in [0.717, 1.165) is 0 Å². The van der Waals surface area contributed by atoms with Crippen molar-refractivity contribution in [2.24, 2.45) is 11.8 Å². The van der Waals surface area contributed by atoms with Gasteiger partial charge in [-0.05, 0) is 44.9 Å². The fourth-order valence-electron chi connectivity index (χ4n) is 4.10. The molecule has 0 radical (unpaired) electrons. The average Bonchev–Trinajstić information content (AvgIpc) is 3.17. The fourth-order valence-corrected chi connectivity index (χ4v) is 5.92. The number of nitrogens with one attached hydrogen (secondary N) is 1. The minimum absolute atomic E-state index is 0.00642. The molecule has 0 saturated heterocycles. The summed E-state index contributed by atoms with van der Waals surface area (Å²) in [4.78, 5) is 14.5. The molecule has 2 heterocycles. The Balaban J connectivity index is 1.96. The van der Waals surface area contributed by atoms with Gasteiger partial charge in [-0.2, -0.15) is 4.31 Å². The van der Waals surface area contributed by atoms with E-state index in [1.54, 1.807) is 40.0 Å². The van der Waals surface area contributed by atoms with Crippen molar-refractivity contribution in [2.75, 3.05) is 32.1 Å². The van der Waals surface area contributed by atoms with Gasteiger partial charge < -0.3 is 24.6 Å². The van der Waals surface area contributed by atoms with Crippen LogP contribution in [0.15, 0.2) is 27.6 Å². The number of nitrogens with zero attached hydrogens (tertiary/aromatic N) is 3. The van der Waals surface area contributed by atoms with Crippen LogP contribution < -0.4 is 10.1 Å². The number of hydrogen-bond donors (Lipinski definition) is 2. The van der Waals surface area contributed by atoms with E-state index in [-0.39, 0.29) is 42.3 Å². The molecule has 38 heavy (non-hydrogen) atoms. The summed E-state index contributed by atoms with van der Waals surface area (Å²) < 4.78 is 40.0. The van der Waals surface area contributed by atoms with Crippen molar-refractivity contribution in [2.45, 2.75) is 65.0 Å². The van der Waals surface area contributed by atoms with Crippen LogP contribution in [-0.4, -0.2) is 72.8 Å². The van der Waals surface area contributed by atoms with E-state index < -0.39 is 22.2 Å². The number of amides is 2. The third kappa shape index (κ3) is 6.67. The quantitative estimate of drug-likeness (QED) is 0.530. The number of fused-ring (bicyclic) bond motifs is 1. The molecule has 1 aliphatic heterocycles. The van der Waals surface area contributed by atoms with E-state index in [1.165, 1.54) is 15.3 Å². The number of aliphatic hydroxyl groups excluding tert-OH is 1. The second kappa shape index (κ2) is 12.2. The van der Waals surface area contributed by atoms with E-state index in [4.69, 9.17) is 9.26 Å². The molecule has 208 valence electrons. The number of aryl methyl sites for hydroxylation is 2. The monoisotopic (exact) mass is 546 g/mol. The number of rotatable bonds is 6. The predicted molar refractivity (Wildman–Crippen MR) is 144 cm³/mol. The summed E-state index contributed by atoms with van der Waals surface area (Å²) in [6.45, 7) is 11.1. The zero-order valence-corrected chi connectivity index (χ0v) is 23.9. The van der Waals surface area contributed by atoms with E-state index in [9.17, 15) is 18.3 Å². The van der Waals surface area contributed by atoms with Crippen LogP contribution in [0.4, 0.5) is 10.5 Å². The molecule has 2 N–H and O–H groups in total. The smallest absolute Gasteiger partial charge is 0.321 e. The lowest BCUT2D eigenvalue weighted by Crippen LogP contribution is -2.50. The molecule has 1 aromatic carbocycles. The summed E-state index contributed by atoms with van der Waals surface area (Å²) in [7, 11) is -2.32. The Morgan fingerprint density at radius 2 is 2.03 bits per heavy atom. The molecule has 1 aliphatic rings. The number of carbonyl (C=O) groups is 1. The standard InChI is InChI=1S/C27H38N4O6S/c1-17(2)9-8-10-22-11-12-25-23(13-22)36-24(18(3)14-31(19(4)16-32)38(25,34)35)15-30(7)27(33)28-26-20(5)29-37-21(26)6/h11-13,17-19,24,32H,9,14-16H2,1-7H3,(H,28,33)/t18-,19+,24+/m1/s1. The molecular weight excluding hydrogens is 508 g/mol. The maximum absolute atomic E-state index is 13.6. The van der Waals surface area contributed by atoms with Crippen molar-refractivity contribution in [3.8, 4) is 17.6 Å². The van der Waals surface area contributed by atoms with Crippen LogP contribution >= 0.6 is 0 Å². The SMILES string of the molecule is Cc1noc(C)c1NC(=O)N(C)C[C@@H]1Oc2cc(C#CCC(C)C)ccc2S(=O)(=O)N([C@@H](C)CO)C[C@H]1C. The second-order valence-corrected chi connectivity index (χ2v) is 12.2. The van der Waals surface area contributed by atoms with Gasteiger partial charge in [0.25, 0.3) is 0 Å². The summed E-state index contributed by atoms with van der Waals surface area (Å²) in [5.41, 5.74) is 1.72. The van der Waals surface area contributed by atoms with Gasteiger partial charge in [-0.3, -0.25) is 0 Å². The van der Waals surface area contributed by atoms with Crippen molar-refractivity contribution in [1.29, 1.82) is 0 Å². The molecular formula is C27H38N4O6S. The second-order valence-electron chi connectivity index (χ2n) is 10.3. The summed E-state index contributed by atoms with van der Waals surface area (Å²) in [5.74, 6) is 6.98. The van der Waals surface area contributed by atoms with Gasteiger partial charge in [-0.1, -0.05) is 37.8 Å². The average molecular weight is 547 g/mol. The van der Waals surface area contributed by atoms with Crippen LogP contribution in [0.5, 0.6) is 5.75 Å². The zero-order chi connectivity index (χ0) is 28.2. The molecule has 2 amide bonds. The Morgan fingerprint density at radius 3 is 2.63 bits per heavy atom. The van der Waals surface area contributed by atoms with Crippen LogP contribution in [-0.2, 0) is 10.0 Å². The number of likely N-dealkylation sites (N-methyl/N-ethyl adjacent to an activating group) is 1. The van der Waals surface area contributed by atoms with Crippen LogP contribution in [0.1, 0.15) is 51.1 Å². The Hall–Kier alpha value is -3.07. The Kier molecular flexibility index (Phi) is 9.46. The Bertz CT molecular complexity index is 1290. The molecule has 0 bridgehead atoms. The number of aromatic nitrogens is 1. The topological polar surface area (TPSA) is 125 Å². The van der Waals surface area contributed by atoms with E-state index in [0.29, 0.717) is 35.0 Å². The number of ether oxygens (including phenoxy) is 1. The lowest BCUT2D eigenvalue weighted by Gasteiger charge is -2.37. The normalized spacial score (nSPS) is 19.8. The summed E-state index contributed by atoms with van der Waals surface area (Å²) >= 11 is 0. The molecule has 0 aliphatic carbocycles. The van der Waals surface area contributed by atoms with Crippen molar-refractivity contribution in [3.63, 3.8) is 0 Å². The third-order valence-corrected chi connectivity index (χ3v) is 8.50. The molecule has 2 aromatic rings. The van der Waals surface area contributed by atoms with Crippen molar-refractivity contribution in [3.05, 3.63) is 35.2 Å². The number of sulfonamides is 1. The number of carbonyl (C=O) groups excluding carboxylic acids is 1. The van der Waals surface area contributed by atoms with Gasteiger partial charge in [-0.15, -0.1) is 0 Å². The minimum atomic E-state index is -3.96. The molecule has 0 spiro atoms. The molecule has 0 saturated carbocycles. The largest absolute Gasteiger partial charge is 0.487 e. The first-order valence-corrected chi connectivity index (χ1v) is 14.2. The molecule has 0 fully saturated rings. The molecule has 3 rings (SSSR count). The summed E-state index contributed by atoms with van der Waals surface area (Å²) in [5, 5.41) is 16.5. The number of aliphatic hydroxyl groups is 1. The maximum atomic E-state index is 13.6. The van der Waals surface area contributed by atoms with Crippen LogP contribution in [0, 0.1) is 37.5 Å². The van der Waals surface area contributed by atoms with Crippen LogP contribution in [0.25, 0.3) is 0 Å². The van der Waals surface area contributed by atoms with Gasteiger partial charge in [0.15, 0.2) is 5.76 Å². The zero-order valence-electron chi connectivity index (χ0n) is 23.1. The van der Waals surface area contributed by atoms with Gasteiger partial charge in [0.2, 0.25) is 10.0 Å². The van der Waals surface area contributed by atoms with Crippen LogP contribution in [0.3, 0.4) is 0 Å². The number of anilines is 1. The summed E-state index contributed by atoms with van der Waals surface area (Å²) in [6.07, 6.45) is 0.167. The third-order valence-electron chi connectivity index (χ3n) is 6.48. The fraction of sp³-hybridized carbons (Fsp3) is 0.556. The molecule has 3 atom stereocenters. The first-order valence-electron chi connectivity index (χ1n) is 12.7. The van der Waals surface area contributed by atoms with E-state index in [1.807, 2.05) is 6.92 Å². The minimum Gasteiger partial charge on any atom is -0.487 e. The van der Waals surface area contributed by atoms with Crippen molar-refractivity contribution in [1.82, 2.24) is 14.4 Å². The highest BCUT2D eigenvalue weighted by Crippen LogP contribution is 2.34. The molecule has 1 aromatic heterocycles. The Labute approximate surface area is 225 Å². The first kappa shape index (κ1) is 29.5. The van der Waals surface area contributed by atoms with Crippen LogP contribution in [0.2, 0.25) is 0 Å². The van der Waals surface area contributed by atoms with Gasteiger partial charge in [0.1, 0.15) is 28.1 Å². The molecule has 0 unspecified atom stereocenters. The van der Waals surface area contributed by atoms with Crippen molar-refractivity contribution >= 4 is 21.7 Å². The van der Waals surface area contributed by atoms with E-state index in [2.05, 4.69) is 36.2 Å². The maximum Gasteiger partial charge on any atom is 0.321 e. The highest BCUT2D eigenvalue weighted by Gasteiger charge is 2.38. The lowest BCUT2D eigenvalue weighted by atomic mass is 10.0. The van der Waals surface area contributed by atoms with Crippen molar-refractivity contribution < 1.29 is 27.6 Å². The van der Waals surface area contributed by atoms with E-state index >= 15 is 0 Å². The predicted octanol–water partition coefficient (Wildman–Crippen LogP) is 3.62. The first-order chi connectivity index (χ1) is 17.8. The molecule has 10 nitrogen and oxygen atoms in total. The van der Waals surface area contributed by atoms with Gasteiger partial charge in [0, 0.05) is 37.5 Å². The van der Waals surface area contributed by atoms with Gasteiger partial charge in [-0.25, -0.2) is 13.2 Å². The molecule has 11 heteroatoms. The number of urea groups is 1. The highest BCUT2D eigenvalue weighted by atomic mass is 32.2. The number of benzene rings is 1. The Morgan fingerprint density at radius 1 is 1.32 bits per heavy atom. The van der Waals surface area contributed by atoms with Gasteiger partial charge >= 0.3 is 6.03 Å². The summed E-state index contributed by atoms with van der Waals surface area (Å²) in [6, 6.07) is 3.79.